The molecule has 0 aliphatic rings. The molecule has 0 atom stereocenters. The second-order valence-electron chi connectivity index (χ2n) is 6.57. The quantitative estimate of drug-likeness (QED) is 0.780. The lowest BCUT2D eigenvalue weighted by atomic mass is 9.86. The lowest BCUT2D eigenvalue weighted by Gasteiger charge is -2.28. The molecule has 0 bridgehead atoms. The first-order valence-corrected chi connectivity index (χ1v) is 6.81. The molecular formula is C16H25NO2. The first kappa shape index (κ1) is 15.7. The van der Waals surface area contributed by atoms with Crippen LogP contribution in [0, 0.1) is 5.41 Å². The van der Waals surface area contributed by atoms with Crippen molar-refractivity contribution >= 4 is 5.97 Å². The third-order valence-corrected chi connectivity index (χ3v) is 2.85. The normalized spacial score (nSPS) is 12.3. The highest BCUT2D eigenvalue weighted by molar-refractivity contribution is 5.76. The summed E-state index contributed by atoms with van der Waals surface area (Å²) in [5.74, 6) is -0.167. The average Bonchev–Trinajstić information content (AvgIpc) is 2.27. The third kappa shape index (κ3) is 5.01. The second-order valence-corrected chi connectivity index (χ2v) is 6.57. The van der Waals surface area contributed by atoms with E-state index in [-0.39, 0.29) is 5.97 Å². The Bertz CT molecular complexity index is 427. The van der Waals surface area contributed by atoms with Gasteiger partial charge in [-0.05, 0) is 59.1 Å². The minimum atomic E-state index is -0.539. The van der Waals surface area contributed by atoms with E-state index < -0.39 is 11.0 Å². The summed E-state index contributed by atoms with van der Waals surface area (Å²) < 4.78 is 5.46. The highest BCUT2D eigenvalue weighted by atomic mass is 16.6. The molecule has 1 rings (SSSR count). The van der Waals surface area contributed by atoms with Crippen LogP contribution in [-0.2, 0) is 22.4 Å². The van der Waals surface area contributed by atoms with Gasteiger partial charge in [0.05, 0.1) is 5.41 Å². The number of hydrogen-bond donors (Lipinski definition) is 0. The summed E-state index contributed by atoms with van der Waals surface area (Å²) >= 11 is 0. The lowest BCUT2D eigenvalue weighted by Crippen LogP contribution is -2.35. The van der Waals surface area contributed by atoms with E-state index in [1.54, 1.807) is 0 Å². The molecule has 19 heavy (non-hydrogen) atoms. The van der Waals surface area contributed by atoms with Crippen molar-refractivity contribution in [3.63, 3.8) is 0 Å². The number of esters is 1. The van der Waals surface area contributed by atoms with Crippen LogP contribution < -0.4 is 0 Å². The SMILES string of the molecule is CCc1ccc(CC(C)(C)C(=O)OC(C)(C)C)cn1. The largest absolute Gasteiger partial charge is 0.460 e. The van der Waals surface area contributed by atoms with Gasteiger partial charge in [0.2, 0.25) is 0 Å². The van der Waals surface area contributed by atoms with Crippen molar-refractivity contribution in [2.24, 2.45) is 5.41 Å². The molecule has 0 amide bonds. The van der Waals surface area contributed by atoms with Crippen LogP contribution in [0.15, 0.2) is 18.3 Å². The first-order valence-electron chi connectivity index (χ1n) is 6.81. The third-order valence-electron chi connectivity index (χ3n) is 2.85. The molecule has 0 N–H and O–H groups in total. The predicted octanol–water partition coefficient (Wildman–Crippen LogP) is 3.55. The van der Waals surface area contributed by atoms with E-state index in [0.717, 1.165) is 17.7 Å². The zero-order valence-electron chi connectivity index (χ0n) is 12.9. The van der Waals surface area contributed by atoms with E-state index in [1.807, 2.05) is 52.9 Å². The Morgan fingerprint density at radius 2 is 1.84 bits per heavy atom. The van der Waals surface area contributed by atoms with Crippen molar-refractivity contribution in [3.05, 3.63) is 29.6 Å². The Morgan fingerprint density at radius 3 is 2.26 bits per heavy atom. The first-order chi connectivity index (χ1) is 8.64. The van der Waals surface area contributed by atoms with Gasteiger partial charge in [-0.1, -0.05) is 13.0 Å². The monoisotopic (exact) mass is 263 g/mol. The van der Waals surface area contributed by atoms with Crippen molar-refractivity contribution in [2.45, 2.75) is 60.0 Å². The predicted molar refractivity (Wildman–Crippen MR) is 76.9 cm³/mol. The Labute approximate surface area is 116 Å². The number of aromatic nitrogens is 1. The summed E-state index contributed by atoms with van der Waals surface area (Å²) in [5.41, 5.74) is 1.15. The van der Waals surface area contributed by atoms with Crippen LogP contribution in [-0.4, -0.2) is 16.6 Å². The van der Waals surface area contributed by atoms with Gasteiger partial charge in [-0.25, -0.2) is 0 Å². The molecule has 0 fully saturated rings. The molecular weight excluding hydrogens is 238 g/mol. The van der Waals surface area contributed by atoms with Crippen molar-refractivity contribution in [1.29, 1.82) is 0 Å². The molecule has 0 radical (unpaired) electrons. The fourth-order valence-electron chi connectivity index (χ4n) is 1.77. The van der Waals surface area contributed by atoms with Crippen LogP contribution in [0.5, 0.6) is 0 Å². The van der Waals surface area contributed by atoms with Crippen molar-refractivity contribution < 1.29 is 9.53 Å². The maximum absolute atomic E-state index is 12.2. The zero-order valence-corrected chi connectivity index (χ0v) is 12.9. The van der Waals surface area contributed by atoms with E-state index in [9.17, 15) is 4.79 Å². The molecule has 0 saturated carbocycles. The molecule has 0 unspecified atom stereocenters. The Hall–Kier alpha value is -1.38. The van der Waals surface area contributed by atoms with Crippen molar-refractivity contribution in [2.75, 3.05) is 0 Å². The van der Waals surface area contributed by atoms with Crippen LogP contribution in [0.2, 0.25) is 0 Å². The minimum absolute atomic E-state index is 0.167. The number of rotatable bonds is 4. The van der Waals surface area contributed by atoms with Gasteiger partial charge in [-0.2, -0.15) is 0 Å². The van der Waals surface area contributed by atoms with Gasteiger partial charge in [0.15, 0.2) is 0 Å². The Kier molecular flexibility index (Phi) is 4.72. The van der Waals surface area contributed by atoms with Crippen LogP contribution in [0.25, 0.3) is 0 Å². The van der Waals surface area contributed by atoms with Crippen LogP contribution in [0.3, 0.4) is 0 Å². The van der Waals surface area contributed by atoms with Crippen LogP contribution >= 0.6 is 0 Å². The van der Waals surface area contributed by atoms with E-state index in [1.165, 1.54) is 0 Å². The van der Waals surface area contributed by atoms with Gasteiger partial charge in [0.25, 0.3) is 0 Å². The highest BCUT2D eigenvalue weighted by Crippen LogP contribution is 2.26. The number of carbonyl (C=O) groups excluding carboxylic acids is 1. The van der Waals surface area contributed by atoms with Crippen LogP contribution in [0.4, 0.5) is 0 Å². The average molecular weight is 263 g/mol. The van der Waals surface area contributed by atoms with E-state index in [4.69, 9.17) is 4.74 Å². The maximum Gasteiger partial charge on any atom is 0.312 e. The summed E-state index contributed by atoms with van der Waals surface area (Å²) in [6, 6.07) is 4.05. The number of nitrogens with zero attached hydrogens (tertiary/aromatic N) is 1. The molecule has 106 valence electrons. The van der Waals surface area contributed by atoms with Gasteiger partial charge in [0.1, 0.15) is 5.60 Å². The zero-order chi connectivity index (χ0) is 14.7. The summed E-state index contributed by atoms with van der Waals surface area (Å²) in [7, 11) is 0. The summed E-state index contributed by atoms with van der Waals surface area (Å²) in [6.07, 6.45) is 3.42. The van der Waals surface area contributed by atoms with Gasteiger partial charge in [0, 0.05) is 11.9 Å². The Balaban J connectivity index is 2.74. The number of pyridine rings is 1. The maximum atomic E-state index is 12.2. The van der Waals surface area contributed by atoms with E-state index in [2.05, 4.69) is 11.9 Å². The molecule has 0 spiro atoms. The molecule has 1 heterocycles. The molecule has 0 aliphatic carbocycles. The standard InChI is InChI=1S/C16H25NO2/c1-7-13-9-8-12(11-17-13)10-16(5,6)14(18)19-15(2,3)4/h8-9,11H,7,10H2,1-6H3. The smallest absolute Gasteiger partial charge is 0.312 e. The Morgan fingerprint density at radius 1 is 1.21 bits per heavy atom. The molecule has 1 aromatic rings. The van der Waals surface area contributed by atoms with E-state index in [0.29, 0.717) is 6.42 Å². The topological polar surface area (TPSA) is 39.2 Å². The van der Waals surface area contributed by atoms with E-state index >= 15 is 0 Å². The number of ether oxygens (including phenoxy) is 1. The number of aryl methyl sites for hydroxylation is 1. The van der Waals surface area contributed by atoms with Gasteiger partial charge in [-0.15, -0.1) is 0 Å². The number of carbonyl (C=O) groups is 1. The molecule has 3 nitrogen and oxygen atoms in total. The van der Waals surface area contributed by atoms with Gasteiger partial charge >= 0.3 is 5.97 Å². The minimum Gasteiger partial charge on any atom is -0.460 e. The second kappa shape index (κ2) is 5.72. The summed E-state index contributed by atoms with van der Waals surface area (Å²) in [4.78, 5) is 16.5. The van der Waals surface area contributed by atoms with Crippen LogP contribution in [0.1, 0.15) is 52.8 Å². The molecule has 3 heteroatoms. The molecule has 0 saturated heterocycles. The highest BCUT2D eigenvalue weighted by Gasteiger charge is 2.32. The summed E-state index contributed by atoms with van der Waals surface area (Å²) in [6.45, 7) is 11.6. The number of hydrogen-bond acceptors (Lipinski definition) is 3. The molecule has 1 aromatic heterocycles. The van der Waals surface area contributed by atoms with Crippen molar-refractivity contribution in [3.8, 4) is 0 Å². The van der Waals surface area contributed by atoms with Gasteiger partial charge < -0.3 is 4.74 Å². The molecule has 0 aromatic carbocycles. The fraction of sp³-hybridized carbons (Fsp3) is 0.625. The fourth-order valence-corrected chi connectivity index (χ4v) is 1.77. The van der Waals surface area contributed by atoms with Gasteiger partial charge in [-0.3, -0.25) is 9.78 Å². The summed E-state index contributed by atoms with van der Waals surface area (Å²) in [5, 5.41) is 0. The van der Waals surface area contributed by atoms with Crippen molar-refractivity contribution in [1.82, 2.24) is 4.98 Å². The lowest BCUT2D eigenvalue weighted by molar-refractivity contribution is -0.165. The molecule has 0 aliphatic heterocycles.